The summed E-state index contributed by atoms with van der Waals surface area (Å²) in [6, 6.07) is 5.76. The van der Waals surface area contributed by atoms with Crippen LogP contribution >= 0.6 is 0 Å². The Bertz CT molecular complexity index is 512. The lowest BCUT2D eigenvalue weighted by atomic mass is 10.0. The number of hydrogen-bond donors (Lipinski definition) is 1. The highest BCUT2D eigenvalue weighted by molar-refractivity contribution is 5.77. The molecule has 0 atom stereocenters. The van der Waals surface area contributed by atoms with Crippen molar-refractivity contribution in [1.29, 1.82) is 0 Å². The third-order valence-electron chi connectivity index (χ3n) is 3.11. The van der Waals surface area contributed by atoms with E-state index in [-0.39, 0.29) is 0 Å². The summed E-state index contributed by atoms with van der Waals surface area (Å²) in [5.41, 5.74) is 8.40. The molecule has 0 bridgehead atoms. The molecule has 2 heterocycles. The minimum Gasteiger partial charge on any atom is -0.399 e. The molecule has 84 valence electrons. The maximum absolute atomic E-state index is 5.71. The first kappa shape index (κ1) is 9.59. The molecule has 2 aromatic rings. The Kier molecular flexibility index (Phi) is 2.07. The minimum atomic E-state index is 0.701. The first-order valence-corrected chi connectivity index (χ1v) is 5.49. The van der Waals surface area contributed by atoms with Crippen LogP contribution in [0.1, 0.15) is 0 Å². The molecule has 1 fully saturated rings. The van der Waals surface area contributed by atoms with E-state index >= 15 is 0 Å². The highest BCUT2D eigenvalue weighted by Gasteiger charge is 2.24. The van der Waals surface area contributed by atoms with Crippen LogP contribution in [0.15, 0.2) is 18.2 Å². The predicted molar refractivity (Wildman–Crippen MR) is 62.9 cm³/mol. The van der Waals surface area contributed by atoms with Crippen LogP contribution in [-0.4, -0.2) is 40.0 Å². The first-order valence-electron chi connectivity index (χ1n) is 5.49. The Morgan fingerprint density at radius 2 is 2.25 bits per heavy atom. The molecule has 0 saturated carbocycles. The Morgan fingerprint density at radius 3 is 3.00 bits per heavy atom. The number of aromatic nitrogens is 3. The average Bonchev–Trinajstić information content (AvgIpc) is 2.58. The summed E-state index contributed by atoms with van der Waals surface area (Å²) in [4.78, 5) is 2.31. The summed E-state index contributed by atoms with van der Waals surface area (Å²) in [6.45, 7) is 3.25. The van der Waals surface area contributed by atoms with Crippen molar-refractivity contribution in [3.8, 4) is 0 Å². The number of rotatable bonds is 2. The fourth-order valence-electron chi connectivity index (χ4n) is 2.31. The van der Waals surface area contributed by atoms with Gasteiger partial charge in [-0.2, -0.15) is 0 Å². The molecule has 0 unspecified atom stereocenters. The number of anilines is 1. The zero-order chi connectivity index (χ0) is 11.1. The van der Waals surface area contributed by atoms with E-state index < -0.39 is 0 Å². The van der Waals surface area contributed by atoms with Gasteiger partial charge in [0, 0.05) is 31.2 Å². The summed E-state index contributed by atoms with van der Waals surface area (Å²) >= 11 is 0. The largest absolute Gasteiger partial charge is 0.399 e. The number of hydrogen-bond acceptors (Lipinski definition) is 4. The van der Waals surface area contributed by atoms with Crippen molar-refractivity contribution in [1.82, 2.24) is 19.9 Å². The number of nitrogens with zero attached hydrogens (tertiary/aromatic N) is 4. The fourth-order valence-corrected chi connectivity index (χ4v) is 2.31. The van der Waals surface area contributed by atoms with Crippen molar-refractivity contribution in [2.24, 2.45) is 5.92 Å². The Hall–Kier alpha value is -1.62. The number of nitrogens with two attached hydrogens (primary N) is 1. The van der Waals surface area contributed by atoms with E-state index in [1.165, 1.54) is 0 Å². The number of benzene rings is 1. The van der Waals surface area contributed by atoms with Gasteiger partial charge in [-0.25, -0.2) is 4.68 Å². The molecule has 1 aromatic heterocycles. The topological polar surface area (TPSA) is 60.0 Å². The third-order valence-corrected chi connectivity index (χ3v) is 3.11. The van der Waals surface area contributed by atoms with Gasteiger partial charge in [0.05, 0.1) is 5.52 Å². The van der Waals surface area contributed by atoms with E-state index in [1.54, 1.807) is 0 Å². The summed E-state index contributed by atoms with van der Waals surface area (Å²) in [5, 5.41) is 8.31. The second-order valence-corrected chi connectivity index (χ2v) is 4.61. The van der Waals surface area contributed by atoms with E-state index in [0.717, 1.165) is 36.4 Å². The van der Waals surface area contributed by atoms with E-state index in [0.29, 0.717) is 5.92 Å². The number of likely N-dealkylation sites (tertiary alicyclic amines) is 1. The van der Waals surface area contributed by atoms with Crippen molar-refractivity contribution in [2.45, 2.75) is 6.54 Å². The van der Waals surface area contributed by atoms with Crippen LogP contribution in [0.2, 0.25) is 0 Å². The van der Waals surface area contributed by atoms with E-state index in [1.807, 2.05) is 22.9 Å². The predicted octanol–water partition coefficient (Wildman–Crippen LogP) is 0.575. The molecule has 0 aliphatic carbocycles. The molecule has 0 spiro atoms. The van der Waals surface area contributed by atoms with Crippen LogP contribution in [0.4, 0.5) is 5.69 Å². The summed E-state index contributed by atoms with van der Waals surface area (Å²) in [5.74, 6) is 0.701. The molecule has 5 heteroatoms. The van der Waals surface area contributed by atoms with Crippen LogP contribution < -0.4 is 5.73 Å². The monoisotopic (exact) mass is 217 g/mol. The lowest BCUT2D eigenvalue weighted by Crippen LogP contribution is -2.45. The SMILES string of the molecule is CN1CC(Cn2nnc3cc(N)ccc32)C1. The van der Waals surface area contributed by atoms with Crippen molar-refractivity contribution in [3.05, 3.63) is 18.2 Å². The van der Waals surface area contributed by atoms with Crippen LogP contribution in [0.25, 0.3) is 11.0 Å². The first-order chi connectivity index (χ1) is 7.72. The molecule has 0 amide bonds. The zero-order valence-corrected chi connectivity index (χ0v) is 9.30. The molecular weight excluding hydrogens is 202 g/mol. The Balaban J connectivity index is 1.87. The molecule has 1 aromatic carbocycles. The van der Waals surface area contributed by atoms with Gasteiger partial charge in [0.15, 0.2) is 0 Å². The second-order valence-electron chi connectivity index (χ2n) is 4.61. The van der Waals surface area contributed by atoms with Crippen molar-refractivity contribution >= 4 is 16.7 Å². The lowest BCUT2D eigenvalue weighted by molar-refractivity contribution is 0.116. The van der Waals surface area contributed by atoms with Crippen LogP contribution in [-0.2, 0) is 6.54 Å². The molecule has 16 heavy (non-hydrogen) atoms. The smallest absolute Gasteiger partial charge is 0.115 e. The van der Waals surface area contributed by atoms with Gasteiger partial charge in [-0.15, -0.1) is 5.10 Å². The summed E-state index contributed by atoms with van der Waals surface area (Å²) < 4.78 is 1.98. The van der Waals surface area contributed by atoms with Crippen LogP contribution in [0.5, 0.6) is 0 Å². The number of fused-ring (bicyclic) bond motifs is 1. The molecule has 1 saturated heterocycles. The van der Waals surface area contributed by atoms with E-state index in [2.05, 4.69) is 22.3 Å². The van der Waals surface area contributed by atoms with Gasteiger partial charge >= 0.3 is 0 Å². The normalized spacial score (nSPS) is 17.8. The minimum absolute atomic E-state index is 0.701. The fraction of sp³-hybridized carbons (Fsp3) is 0.455. The van der Waals surface area contributed by atoms with Crippen LogP contribution in [0.3, 0.4) is 0 Å². The van der Waals surface area contributed by atoms with Crippen molar-refractivity contribution in [3.63, 3.8) is 0 Å². The Labute approximate surface area is 93.8 Å². The molecule has 0 radical (unpaired) electrons. The standard InChI is InChI=1S/C11H15N5/c1-15-5-8(6-15)7-16-11-3-2-9(12)4-10(11)13-14-16/h2-4,8H,5-7,12H2,1H3. The van der Waals surface area contributed by atoms with Crippen molar-refractivity contribution < 1.29 is 0 Å². The molecular formula is C11H15N5. The maximum Gasteiger partial charge on any atom is 0.115 e. The quantitative estimate of drug-likeness (QED) is 0.747. The summed E-state index contributed by atoms with van der Waals surface area (Å²) in [6.07, 6.45) is 0. The van der Waals surface area contributed by atoms with Gasteiger partial charge in [-0.3, -0.25) is 0 Å². The zero-order valence-electron chi connectivity index (χ0n) is 9.30. The van der Waals surface area contributed by atoms with Crippen molar-refractivity contribution in [2.75, 3.05) is 25.9 Å². The molecule has 2 N–H and O–H groups in total. The highest BCUT2D eigenvalue weighted by Crippen LogP contribution is 2.19. The summed E-state index contributed by atoms with van der Waals surface area (Å²) in [7, 11) is 2.14. The van der Waals surface area contributed by atoms with Gasteiger partial charge in [-0.1, -0.05) is 5.21 Å². The lowest BCUT2D eigenvalue weighted by Gasteiger charge is -2.35. The van der Waals surface area contributed by atoms with Gasteiger partial charge in [0.25, 0.3) is 0 Å². The highest BCUT2D eigenvalue weighted by atomic mass is 15.4. The van der Waals surface area contributed by atoms with Gasteiger partial charge in [0.1, 0.15) is 5.52 Å². The Morgan fingerprint density at radius 1 is 1.44 bits per heavy atom. The van der Waals surface area contributed by atoms with Gasteiger partial charge in [0.2, 0.25) is 0 Å². The molecule has 1 aliphatic heterocycles. The van der Waals surface area contributed by atoms with Gasteiger partial charge < -0.3 is 10.6 Å². The van der Waals surface area contributed by atoms with Gasteiger partial charge in [-0.05, 0) is 25.2 Å². The molecule has 5 nitrogen and oxygen atoms in total. The molecule has 1 aliphatic rings. The van der Waals surface area contributed by atoms with E-state index in [9.17, 15) is 0 Å². The average molecular weight is 217 g/mol. The maximum atomic E-state index is 5.71. The van der Waals surface area contributed by atoms with Crippen LogP contribution in [0, 0.1) is 5.92 Å². The number of nitrogen functional groups attached to an aromatic ring is 1. The van der Waals surface area contributed by atoms with E-state index in [4.69, 9.17) is 5.73 Å². The molecule has 3 rings (SSSR count). The second kappa shape index (κ2) is 3.45. The third kappa shape index (κ3) is 1.53.